The summed E-state index contributed by atoms with van der Waals surface area (Å²) in [6.07, 6.45) is 3.65. The van der Waals surface area contributed by atoms with Crippen LogP contribution in [0, 0.1) is 11.8 Å². The van der Waals surface area contributed by atoms with E-state index in [1.54, 1.807) is 11.3 Å². The highest BCUT2D eigenvalue weighted by molar-refractivity contribution is 7.07. The van der Waals surface area contributed by atoms with Crippen molar-refractivity contribution < 1.29 is 9.53 Å². The maximum Gasteiger partial charge on any atom is 0.227 e. The molecule has 120 valence electrons. The number of nitrogens with zero attached hydrogens (tertiary/aromatic N) is 2. The molecule has 3 aliphatic heterocycles. The lowest BCUT2D eigenvalue weighted by Crippen LogP contribution is -2.52. The van der Waals surface area contributed by atoms with E-state index in [9.17, 15) is 4.79 Å². The largest absolute Gasteiger partial charge is 0.377 e. The van der Waals surface area contributed by atoms with Gasteiger partial charge in [-0.3, -0.25) is 9.69 Å². The van der Waals surface area contributed by atoms with E-state index in [4.69, 9.17) is 4.74 Å². The lowest BCUT2D eigenvalue weighted by molar-refractivity contribution is -0.140. The molecule has 3 atom stereocenters. The van der Waals surface area contributed by atoms with Crippen LogP contribution in [0.5, 0.6) is 0 Å². The van der Waals surface area contributed by atoms with Crippen LogP contribution in [-0.2, 0) is 16.1 Å². The first-order valence-corrected chi connectivity index (χ1v) is 9.39. The van der Waals surface area contributed by atoms with Gasteiger partial charge in [0.15, 0.2) is 0 Å². The van der Waals surface area contributed by atoms with Crippen molar-refractivity contribution in [2.45, 2.75) is 31.9 Å². The highest BCUT2D eigenvalue weighted by Gasteiger charge is 2.45. The number of hydrogen-bond donors (Lipinski definition) is 0. The summed E-state index contributed by atoms with van der Waals surface area (Å²) in [6.45, 7) is 5.56. The van der Waals surface area contributed by atoms with E-state index in [2.05, 4.69) is 26.6 Å². The second-order valence-electron chi connectivity index (χ2n) is 6.83. The van der Waals surface area contributed by atoms with Crippen LogP contribution in [0.1, 0.15) is 24.8 Å². The molecule has 0 saturated carbocycles. The van der Waals surface area contributed by atoms with Gasteiger partial charge < -0.3 is 9.64 Å². The Kier molecular flexibility index (Phi) is 4.20. The molecule has 0 spiro atoms. The molecule has 0 bridgehead atoms. The molecule has 4 heterocycles. The molecule has 0 radical (unpaired) electrons. The zero-order chi connectivity index (χ0) is 14.9. The number of rotatable bonds is 3. The van der Waals surface area contributed by atoms with Crippen molar-refractivity contribution in [2.24, 2.45) is 11.8 Å². The van der Waals surface area contributed by atoms with Gasteiger partial charge in [-0.15, -0.1) is 0 Å². The highest BCUT2D eigenvalue weighted by atomic mass is 32.1. The van der Waals surface area contributed by atoms with E-state index in [0.29, 0.717) is 11.8 Å². The van der Waals surface area contributed by atoms with Crippen LogP contribution in [0.4, 0.5) is 0 Å². The zero-order valence-corrected chi connectivity index (χ0v) is 13.8. The van der Waals surface area contributed by atoms with Crippen LogP contribution < -0.4 is 0 Å². The smallest absolute Gasteiger partial charge is 0.227 e. The molecular formula is C17H24N2O2S. The molecule has 1 aromatic heterocycles. The Morgan fingerprint density at radius 2 is 2.18 bits per heavy atom. The van der Waals surface area contributed by atoms with E-state index < -0.39 is 0 Å². The van der Waals surface area contributed by atoms with Gasteiger partial charge >= 0.3 is 0 Å². The first-order chi connectivity index (χ1) is 10.8. The topological polar surface area (TPSA) is 32.8 Å². The first-order valence-electron chi connectivity index (χ1n) is 8.45. The van der Waals surface area contributed by atoms with Gasteiger partial charge in [-0.1, -0.05) is 0 Å². The maximum absolute atomic E-state index is 12.9. The normalized spacial score (nSPS) is 32.4. The number of ether oxygens (including phenoxy) is 1. The third-order valence-electron chi connectivity index (χ3n) is 5.39. The number of likely N-dealkylation sites (tertiary alicyclic amines) is 2. The fraction of sp³-hybridized carbons (Fsp3) is 0.706. The minimum Gasteiger partial charge on any atom is -0.377 e. The molecule has 0 unspecified atom stereocenters. The maximum atomic E-state index is 12.9. The Balaban J connectivity index is 1.49. The minimum absolute atomic E-state index is 0.137. The monoisotopic (exact) mass is 320 g/mol. The second kappa shape index (κ2) is 6.30. The minimum atomic E-state index is 0.137. The summed E-state index contributed by atoms with van der Waals surface area (Å²) in [5.41, 5.74) is 1.36. The summed E-state index contributed by atoms with van der Waals surface area (Å²) in [5.74, 6) is 0.956. The number of thiophene rings is 1. The molecule has 22 heavy (non-hydrogen) atoms. The molecule has 3 fully saturated rings. The molecule has 0 N–H and O–H groups in total. The van der Waals surface area contributed by atoms with Crippen LogP contribution in [-0.4, -0.2) is 54.6 Å². The van der Waals surface area contributed by atoms with E-state index >= 15 is 0 Å². The summed E-state index contributed by atoms with van der Waals surface area (Å²) in [6, 6.07) is 2.18. The molecule has 0 aliphatic carbocycles. The Bertz CT molecular complexity index is 513. The predicted molar refractivity (Wildman–Crippen MR) is 86.7 cm³/mol. The fourth-order valence-corrected chi connectivity index (χ4v) is 4.92. The number of hydrogen-bond acceptors (Lipinski definition) is 4. The molecule has 1 aromatic rings. The van der Waals surface area contributed by atoms with Crippen LogP contribution in [0.2, 0.25) is 0 Å². The zero-order valence-electron chi connectivity index (χ0n) is 12.9. The molecule has 5 heteroatoms. The van der Waals surface area contributed by atoms with Crippen LogP contribution >= 0.6 is 11.3 Å². The molecule has 0 aromatic carbocycles. The Morgan fingerprint density at radius 3 is 2.95 bits per heavy atom. The second-order valence-corrected chi connectivity index (χ2v) is 7.61. The van der Waals surface area contributed by atoms with Gasteiger partial charge in [0.25, 0.3) is 0 Å². The standard InChI is InChI=1S/C17H24N2O2S/c20-17(19-5-1-2-6-19)15-10-18(9-13-4-8-22-12-13)11-16-14(15)3-7-21-16/h4,8,12,14-16H,1-3,5-7,9-11H2/t14-,15-,16+/m0/s1. The molecule has 4 rings (SSSR count). The van der Waals surface area contributed by atoms with Crippen LogP contribution in [0.15, 0.2) is 16.8 Å². The van der Waals surface area contributed by atoms with Gasteiger partial charge in [0.2, 0.25) is 5.91 Å². The van der Waals surface area contributed by atoms with Crippen molar-refractivity contribution in [2.75, 3.05) is 32.8 Å². The van der Waals surface area contributed by atoms with Gasteiger partial charge in [-0.25, -0.2) is 0 Å². The molecule has 1 amide bonds. The third-order valence-corrected chi connectivity index (χ3v) is 6.12. The predicted octanol–water partition coefficient (Wildman–Crippen LogP) is 2.21. The van der Waals surface area contributed by atoms with Gasteiger partial charge in [-0.05, 0) is 41.7 Å². The van der Waals surface area contributed by atoms with Gasteiger partial charge in [-0.2, -0.15) is 11.3 Å². The van der Waals surface area contributed by atoms with E-state index in [1.165, 1.54) is 18.4 Å². The molecule has 3 aliphatic rings. The number of fused-ring (bicyclic) bond motifs is 1. The first kappa shape index (κ1) is 14.7. The van der Waals surface area contributed by atoms with Crippen molar-refractivity contribution in [1.82, 2.24) is 9.80 Å². The number of carbonyl (C=O) groups excluding carboxylic acids is 1. The number of piperidine rings is 1. The summed E-state index contributed by atoms with van der Waals surface area (Å²) < 4.78 is 5.94. The highest BCUT2D eigenvalue weighted by Crippen LogP contribution is 2.35. The summed E-state index contributed by atoms with van der Waals surface area (Å²) in [5, 5.41) is 4.33. The van der Waals surface area contributed by atoms with Crippen LogP contribution in [0.25, 0.3) is 0 Å². The molecule has 4 nitrogen and oxygen atoms in total. The van der Waals surface area contributed by atoms with Gasteiger partial charge in [0, 0.05) is 45.2 Å². The number of amides is 1. The summed E-state index contributed by atoms with van der Waals surface area (Å²) in [4.78, 5) is 17.5. The van der Waals surface area contributed by atoms with Crippen molar-refractivity contribution in [3.05, 3.63) is 22.4 Å². The van der Waals surface area contributed by atoms with Crippen molar-refractivity contribution in [3.8, 4) is 0 Å². The Morgan fingerprint density at radius 1 is 1.32 bits per heavy atom. The van der Waals surface area contributed by atoms with Crippen molar-refractivity contribution in [1.29, 1.82) is 0 Å². The average molecular weight is 320 g/mol. The molecular weight excluding hydrogens is 296 g/mol. The summed E-state index contributed by atoms with van der Waals surface area (Å²) in [7, 11) is 0. The quantitative estimate of drug-likeness (QED) is 0.856. The number of carbonyl (C=O) groups is 1. The molecule has 3 saturated heterocycles. The lowest BCUT2D eigenvalue weighted by Gasteiger charge is -2.40. The average Bonchev–Trinajstić information content (AvgIpc) is 3.27. The van der Waals surface area contributed by atoms with E-state index in [1.807, 2.05) is 0 Å². The Hall–Kier alpha value is -0.910. The van der Waals surface area contributed by atoms with Crippen molar-refractivity contribution in [3.63, 3.8) is 0 Å². The fourth-order valence-electron chi connectivity index (χ4n) is 4.26. The summed E-state index contributed by atoms with van der Waals surface area (Å²) >= 11 is 1.74. The van der Waals surface area contributed by atoms with Crippen LogP contribution in [0.3, 0.4) is 0 Å². The van der Waals surface area contributed by atoms with E-state index in [0.717, 1.165) is 45.8 Å². The van der Waals surface area contributed by atoms with E-state index in [-0.39, 0.29) is 12.0 Å². The third kappa shape index (κ3) is 2.82. The van der Waals surface area contributed by atoms with Gasteiger partial charge in [0.1, 0.15) is 0 Å². The Labute approximate surface area is 136 Å². The van der Waals surface area contributed by atoms with Gasteiger partial charge in [0.05, 0.1) is 12.0 Å². The SMILES string of the molecule is O=C([C@H]1CN(Cc2ccsc2)C[C@H]2OCC[C@@H]12)N1CCCC1. The lowest BCUT2D eigenvalue weighted by atomic mass is 9.81. The van der Waals surface area contributed by atoms with Crippen molar-refractivity contribution >= 4 is 17.2 Å².